The molecule has 0 spiro atoms. The zero-order valence-electron chi connectivity index (χ0n) is 17.9. The zero-order chi connectivity index (χ0) is 21.6. The van der Waals surface area contributed by atoms with Gasteiger partial charge in [-0.25, -0.2) is 0 Å². The van der Waals surface area contributed by atoms with E-state index in [1.807, 2.05) is 36.4 Å². The highest BCUT2D eigenvalue weighted by Crippen LogP contribution is 2.40. The molecule has 7 heteroatoms. The molecular formula is C24H27N3O4. The third kappa shape index (κ3) is 3.43. The Morgan fingerprint density at radius 3 is 2.74 bits per heavy atom. The van der Waals surface area contributed by atoms with Crippen LogP contribution in [0.1, 0.15) is 38.3 Å². The lowest BCUT2D eigenvalue weighted by Crippen LogP contribution is -2.60. The molecule has 0 aliphatic carbocycles. The summed E-state index contributed by atoms with van der Waals surface area (Å²) in [7, 11) is 0. The number of nitrogens with one attached hydrogen (secondary N) is 1. The minimum Gasteiger partial charge on any atom is -0.486 e. The van der Waals surface area contributed by atoms with Crippen molar-refractivity contribution in [3.8, 4) is 11.5 Å². The van der Waals surface area contributed by atoms with Crippen LogP contribution >= 0.6 is 0 Å². The van der Waals surface area contributed by atoms with Crippen LogP contribution < -0.4 is 19.7 Å². The summed E-state index contributed by atoms with van der Waals surface area (Å²) >= 11 is 0. The Balaban J connectivity index is 1.40. The van der Waals surface area contributed by atoms with Crippen molar-refractivity contribution in [1.82, 2.24) is 4.90 Å². The van der Waals surface area contributed by atoms with E-state index in [1.165, 1.54) is 0 Å². The van der Waals surface area contributed by atoms with Crippen molar-refractivity contribution in [3.05, 3.63) is 48.0 Å². The van der Waals surface area contributed by atoms with Gasteiger partial charge in [0, 0.05) is 6.04 Å². The summed E-state index contributed by atoms with van der Waals surface area (Å²) in [5, 5.41) is 2.92. The van der Waals surface area contributed by atoms with Crippen molar-refractivity contribution >= 4 is 23.2 Å². The number of carbonyl (C=O) groups is 2. The predicted molar refractivity (Wildman–Crippen MR) is 118 cm³/mol. The maximum absolute atomic E-state index is 13.5. The van der Waals surface area contributed by atoms with Crippen molar-refractivity contribution in [1.29, 1.82) is 0 Å². The van der Waals surface area contributed by atoms with Crippen LogP contribution in [0.5, 0.6) is 11.5 Å². The molecule has 0 saturated carbocycles. The summed E-state index contributed by atoms with van der Waals surface area (Å²) in [6, 6.07) is 13.7. The van der Waals surface area contributed by atoms with E-state index in [0.29, 0.717) is 18.9 Å². The molecule has 1 saturated heterocycles. The molecule has 2 amide bonds. The molecule has 0 radical (unpaired) electrons. The molecule has 3 aliphatic rings. The lowest BCUT2D eigenvalue weighted by Gasteiger charge is -2.43. The second-order valence-corrected chi connectivity index (χ2v) is 8.79. The molecule has 5 rings (SSSR count). The summed E-state index contributed by atoms with van der Waals surface area (Å²) in [4.78, 5) is 30.1. The van der Waals surface area contributed by atoms with Gasteiger partial charge in [0.2, 0.25) is 11.8 Å². The van der Waals surface area contributed by atoms with Crippen LogP contribution in [0.4, 0.5) is 11.4 Å². The minimum atomic E-state index is -0.961. The molecule has 3 aliphatic heterocycles. The predicted octanol–water partition coefficient (Wildman–Crippen LogP) is 3.36. The van der Waals surface area contributed by atoms with Gasteiger partial charge in [0.1, 0.15) is 18.8 Å². The second-order valence-electron chi connectivity index (χ2n) is 8.79. The SMILES string of the molecule is CC1(C)C(=O)Nc2ccccc2N1C(=O)CN1CCC[C@@H]1c1ccc2c(c1)OCCO2. The number of nitrogens with zero attached hydrogens (tertiary/aromatic N) is 2. The lowest BCUT2D eigenvalue weighted by atomic mass is 9.96. The van der Waals surface area contributed by atoms with Crippen LogP contribution in [0.15, 0.2) is 42.5 Å². The number of rotatable bonds is 3. The Hall–Kier alpha value is -3.06. The highest BCUT2D eigenvalue weighted by atomic mass is 16.6. The first-order chi connectivity index (χ1) is 14.9. The van der Waals surface area contributed by atoms with E-state index in [4.69, 9.17) is 9.47 Å². The van der Waals surface area contributed by atoms with Crippen LogP contribution in [0.2, 0.25) is 0 Å². The Labute approximate surface area is 181 Å². The summed E-state index contributed by atoms with van der Waals surface area (Å²) in [6.45, 7) is 5.79. The highest BCUT2D eigenvalue weighted by Gasteiger charge is 2.44. The topological polar surface area (TPSA) is 71.1 Å². The molecule has 7 nitrogen and oxygen atoms in total. The number of benzene rings is 2. The number of hydrogen-bond donors (Lipinski definition) is 1. The number of likely N-dealkylation sites (tertiary alicyclic amines) is 1. The number of fused-ring (bicyclic) bond motifs is 2. The van der Waals surface area contributed by atoms with Gasteiger partial charge in [-0.1, -0.05) is 18.2 Å². The first kappa shape index (κ1) is 19.9. The summed E-state index contributed by atoms with van der Waals surface area (Å²) in [5.41, 5.74) is 1.58. The van der Waals surface area contributed by atoms with Crippen LogP contribution in [-0.2, 0) is 9.59 Å². The normalized spacial score (nSPS) is 22.1. The maximum Gasteiger partial charge on any atom is 0.250 e. The second kappa shape index (κ2) is 7.57. The fraction of sp³-hybridized carbons (Fsp3) is 0.417. The van der Waals surface area contributed by atoms with Gasteiger partial charge in [-0.15, -0.1) is 0 Å². The van der Waals surface area contributed by atoms with E-state index < -0.39 is 5.54 Å². The largest absolute Gasteiger partial charge is 0.486 e. The Morgan fingerprint density at radius 1 is 1.13 bits per heavy atom. The number of anilines is 2. The van der Waals surface area contributed by atoms with Crippen molar-refractivity contribution < 1.29 is 19.1 Å². The van der Waals surface area contributed by atoms with Gasteiger partial charge in [0.05, 0.1) is 17.9 Å². The third-order valence-electron chi connectivity index (χ3n) is 6.41. The van der Waals surface area contributed by atoms with Gasteiger partial charge in [0.15, 0.2) is 11.5 Å². The van der Waals surface area contributed by atoms with Crippen molar-refractivity contribution in [2.24, 2.45) is 0 Å². The van der Waals surface area contributed by atoms with Crippen molar-refractivity contribution in [3.63, 3.8) is 0 Å². The molecule has 1 N–H and O–H groups in total. The molecule has 0 unspecified atom stereocenters. The molecule has 2 aromatic rings. The van der Waals surface area contributed by atoms with Gasteiger partial charge < -0.3 is 14.8 Å². The summed E-state index contributed by atoms with van der Waals surface area (Å²) < 4.78 is 11.4. The number of amides is 2. The van der Waals surface area contributed by atoms with E-state index in [-0.39, 0.29) is 24.4 Å². The quantitative estimate of drug-likeness (QED) is 0.823. The molecule has 0 bridgehead atoms. The van der Waals surface area contributed by atoms with Crippen molar-refractivity contribution in [2.75, 3.05) is 36.5 Å². The van der Waals surface area contributed by atoms with Crippen molar-refractivity contribution in [2.45, 2.75) is 38.3 Å². The number of ether oxygens (including phenoxy) is 2. The minimum absolute atomic E-state index is 0.0725. The molecule has 31 heavy (non-hydrogen) atoms. The van der Waals surface area contributed by atoms with E-state index in [9.17, 15) is 9.59 Å². The number of hydrogen-bond acceptors (Lipinski definition) is 5. The molecule has 0 aromatic heterocycles. The van der Waals surface area contributed by atoms with E-state index in [1.54, 1.807) is 18.7 Å². The van der Waals surface area contributed by atoms with Crippen LogP contribution in [0.3, 0.4) is 0 Å². The fourth-order valence-corrected chi connectivity index (χ4v) is 4.80. The van der Waals surface area contributed by atoms with Gasteiger partial charge >= 0.3 is 0 Å². The highest BCUT2D eigenvalue weighted by molar-refractivity contribution is 6.14. The first-order valence-corrected chi connectivity index (χ1v) is 10.8. The van der Waals surface area contributed by atoms with Gasteiger partial charge in [-0.3, -0.25) is 19.4 Å². The lowest BCUT2D eigenvalue weighted by molar-refractivity contribution is -0.127. The Bertz CT molecular complexity index is 1040. The Kier molecular flexibility index (Phi) is 4.85. The summed E-state index contributed by atoms with van der Waals surface area (Å²) in [6.07, 6.45) is 2.00. The number of para-hydroxylation sites is 2. The Morgan fingerprint density at radius 2 is 1.90 bits per heavy atom. The molecule has 2 aromatic carbocycles. The van der Waals surface area contributed by atoms with Crippen LogP contribution in [-0.4, -0.2) is 48.6 Å². The summed E-state index contributed by atoms with van der Waals surface area (Å²) in [5.74, 6) is 1.29. The fourth-order valence-electron chi connectivity index (χ4n) is 4.80. The smallest absolute Gasteiger partial charge is 0.250 e. The molecule has 1 fully saturated rings. The van der Waals surface area contributed by atoms with Gasteiger partial charge in [-0.05, 0) is 63.1 Å². The molecule has 3 heterocycles. The molecule has 162 valence electrons. The average Bonchev–Trinajstić information content (AvgIpc) is 3.22. The van der Waals surface area contributed by atoms with Crippen LogP contribution in [0, 0.1) is 0 Å². The van der Waals surface area contributed by atoms with E-state index in [0.717, 1.165) is 42.1 Å². The maximum atomic E-state index is 13.5. The van der Waals surface area contributed by atoms with E-state index in [2.05, 4.69) is 16.3 Å². The standard InChI is InChI=1S/C24H27N3O4/c1-24(2)23(29)25-17-6-3-4-7-19(17)27(24)22(28)15-26-11-5-8-18(26)16-9-10-20-21(14-16)31-13-12-30-20/h3-4,6-7,9-10,14,18H,5,8,11-13,15H2,1-2H3,(H,25,29)/t18-/m1/s1. The van der Waals surface area contributed by atoms with Gasteiger partial charge in [-0.2, -0.15) is 0 Å². The zero-order valence-corrected chi connectivity index (χ0v) is 17.9. The number of carbonyl (C=O) groups excluding carboxylic acids is 2. The first-order valence-electron chi connectivity index (χ1n) is 10.8. The third-order valence-corrected chi connectivity index (χ3v) is 6.41. The molecular weight excluding hydrogens is 394 g/mol. The average molecular weight is 421 g/mol. The monoisotopic (exact) mass is 421 g/mol. The van der Waals surface area contributed by atoms with Gasteiger partial charge in [0.25, 0.3) is 0 Å². The molecule has 1 atom stereocenters. The van der Waals surface area contributed by atoms with Crippen LogP contribution in [0.25, 0.3) is 0 Å². The van der Waals surface area contributed by atoms with E-state index >= 15 is 0 Å².